The quantitative estimate of drug-likeness (QED) is 0.596. The Kier molecular flexibility index (Phi) is 4.21. The van der Waals surface area contributed by atoms with Gasteiger partial charge in [-0.05, 0) is 26.3 Å². The minimum atomic E-state index is -0.933. The number of halogens is 1. The minimum Gasteiger partial charge on any atom is -0.493 e. The molecule has 0 amide bonds. The Bertz CT molecular complexity index is 495. The number of nitro groups is 1. The van der Waals surface area contributed by atoms with E-state index in [9.17, 15) is 14.5 Å². The number of hydrogen-bond donors (Lipinski definition) is 0. The molecule has 0 spiro atoms. The van der Waals surface area contributed by atoms with Crippen LogP contribution in [0.25, 0.3) is 0 Å². The lowest BCUT2D eigenvalue weighted by Crippen LogP contribution is -2.13. The molecule has 5 nitrogen and oxygen atoms in total. The third kappa shape index (κ3) is 3.70. The molecule has 0 bridgehead atoms. The van der Waals surface area contributed by atoms with E-state index in [0.29, 0.717) is 6.42 Å². The highest BCUT2D eigenvalue weighted by Crippen LogP contribution is 2.24. The maximum atomic E-state index is 13.3. The normalized spacial score (nSPS) is 10.8. The van der Waals surface area contributed by atoms with Crippen LogP contribution in [0.5, 0.6) is 5.75 Å². The maximum Gasteiger partial charge on any atom is 0.305 e. The summed E-state index contributed by atoms with van der Waals surface area (Å²) in [4.78, 5) is 9.61. The summed E-state index contributed by atoms with van der Waals surface area (Å²) in [6.07, 6.45) is 0.488. The van der Waals surface area contributed by atoms with E-state index < -0.39 is 21.8 Å². The zero-order valence-corrected chi connectivity index (χ0v) is 10.1. The zero-order chi connectivity index (χ0) is 13.8. The van der Waals surface area contributed by atoms with Gasteiger partial charge in [-0.1, -0.05) is 0 Å². The number of rotatable bonds is 5. The molecule has 96 valence electrons. The SMILES string of the molecule is CC(C)(C#N)CCOc1ccc([N+](=O)[O-])c(F)c1. The molecule has 0 aliphatic carbocycles. The molecule has 0 N–H and O–H groups in total. The second kappa shape index (κ2) is 5.45. The molecule has 0 unspecified atom stereocenters. The number of nitrogens with zero attached hydrogens (tertiary/aromatic N) is 2. The molecular formula is C12H13FN2O3. The average molecular weight is 252 g/mol. The van der Waals surface area contributed by atoms with Crippen molar-refractivity contribution in [3.8, 4) is 11.8 Å². The molecule has 6 heteroatoms. The molecule has 1 aromatic rings. The van der Waals surface area contributed by atoms with E-state index in [4.69, 9.17) is 10.00 Å². The van der Waals surface area contributed by atoms with Gasteiger partial charge in [0.1, 0.15) is 5.75 Å². The number of hydrogen-bond acceptors (Lipinski definition) is 4. The molecule has 0 heterocycles. The Morgan fingerprint density at radius 2 is 2.22 bits per heavy atom. The minimum absolute atomic E-state index is 0.215. The Morgan fingerprint density at radius 3 is 2.72 bits per heavy atom. The van der Waals surface area contributed by atoms with Gasteiger partial charge in [0, 0.05) is 12.1 Å². The Labute approximate surface area is 104 Å². The van der Waals surface area contributed by atoms with Gasteiger partial charge in [-0.25, -0.2) is 0 Å². The van der Waals surface area contributed by atoms with Gasteiger partial charge in [0.2, 0.25) is 5.82 Å². The summed E-state index contributed by atoms with van der Waals surface area (Å²) in [5.41, 5.74) is -1.10. The number of nitro benzene ring substituents is 1. The van der Waals surface area contributed by atoms with Crippen LogP contribution in [0.1, 0.15) is 20.3 Å². The van der Waals surface area contributed by atoms with Gasteiger partial charge < -0.3 is 4.74 Å². The van der Waals surface area contributed by atoms with Crippen LogP contribution in [0.3, 0.4) is 0 Å². The summed E-state index contributed by atoms with van der Waals surface area (Å²) >= 11 is 0. The molecule has 0 aliphatic rings. The Morgan fingerprint density at radius 1 is 1.56 bits per heavy atom. The van der Waals surface area contributed by atoms with Crippen LogP contribution < -0.4 is 4.74 Å². The Hall–Kier alpha value is -2.16. The number of ether oxygens (including phenoxy) is 1. The molecular weight excluding hydrogens is 239 g/mol. The van der Waals surface area contributed by atoms with Gasteiger partial charge in [0.15, 0.2) is 0 Å². The summed E-state index contributed by atoms with van der Waals surface area (Å²) in [5, 5.41) is 19.2. The van der Waals surface area contributed by atoms with Gasteiger partial charge in [0.25, 0.3) is 0 Å². The van der Waals surface area contributed by atoms with Gasteiger partial charge >= 0.3 is 5.69 Å². The van der Waals surface area contributed by atoms with Crippen molar-refractivity contribution in [1.82, 2.24) is 0 Å². The molecule has 1 rings (SSSR count). The summed E-state index contributed by atoms with van der Waals surface area (Å²) in [5.74, 6) is -0.719. The highest BCUT2D eigenvalue weighted by molar-refractivity contribution is 5.37. The summed E-state index contributed by atoms with van der Waals surface area (Å²) < 4.78 is 18.5. The Balaban J connectivity index is 2.63. The second-order valence-electron chi connectivity index (χ2n) is 4.46. The van der Waals surface area contributed by atoms with Crippen LogP contribution in [0, 0.1) is 32.7 Å². The van der Waals surface area contributed by atoms with Crippen molar-refractivity contribution in [2.75, 3.05) is 6.61 Å². The standard InChI is InChI=1S/C12H13FN2O3/c1-12(2,8-14)5-6-18-9-3-4-11(15(16)17)10(13)7-9/h3-4,7H,5-6H2,1-2H3. The largest absolute Gasteiger partial charge is 0.493 e. The molecule has 0 aliphatic heterocycles. The molecule has 1 aromatic carbocycles. The highest BCUT2D eigenvalue weighted by atomic mass is 19.1. The predicted molar refractivity (Wildman–Crippen MR) is 62.6 cm³/mol. The van der Waals surface area contributed by atoms with E-state index in [0.717, 1.165) is 12.1 Å². The first kappa shape index (κ1) is 13.9. The molecule has 0 radical (unpaired) electrons. The van der Waals surface area contributed by atoms with Crippen molar-refractivity contribution in [1.29, 1.82) is 5.26 Å². The van der Waals surface area contributed by atoms with Crippen molar-refractivity contribution in [2.45, 2.75) is 20.3 Å². The summed E-state index contributed by atoms with van der Waals surface area (Å²) in [6.45, 7) is 3.79. The van der Waals surface area contributed by atoms with E-state index in [-0.39, 0.29) is 12.4 Å². The first-order valence-electron chi connectivity index (χ1n) is 5.34. The third-order valence-corrected chi connectivity index (χ3v) is 2.41. The van der Waals surface area contributed by atoms with E-state index in [2.05, 4.69) is 6.07 Å². The smallest absolute Gasteiger partial charge is 0.305 e. The van der Waals surface area contributed by atoms with Gasteiger partial charge in [0.05, 0.1) is 23.0 Å². The highest BCUT2D eigenvalue weighted by Gasteiger charge is 2.17. The molecule has 0 atom stereocenters. The van der Waals surface area contributed by atoms with E-state index >= 15 is 0 Å². The van der Waals surface area contributed by atoms with Gasteiger partial charge in [-0.15, -0.1) is 0 Å². The fourth-order valence-electron chi connectivity index (χ4n) is 1.21. The molecule has 18 heavy (non-hydrogen) atoms. The number of benzene rings is 1. The van der Waals surface area contributed by atoms with Crippen molar-refractivity contribution >= 4 is 5.69 Å². The molecule has 0 saturated carbocycles. The maximum absolute atomic E-state index is 13.3. The van der Waals surface area contributed by atoms with Crippen molar-refractivity contribution in [2.24, 2.45) is 5.41 Å². The van der Waals surface area contributed by atoms with Crippen molar-refractivity contribution in [3.63, 3.8) is 0 Å². The molecule has 0 saturated heterocycles. The van der Waals surface area contributed by atoms with E-state index in [1.165, 1.54) is 6.07 Å². The monoisotopic (exact) mass is 252 g/mol. The van der Waals surface area contributed by atoms with Crippen LogP contribution in [-0.2, 0) is 0 Å². The molecule has 0 fully saturated rings. The van der Waals surface area contributed by atoms with E-state index in [1.807, 2.05) is 0 Å². The number of nitriles is 1. The van der Waals surface area contributed by atoms with Crippen molar-refractivity contribution < 1.29 is 14.1 Å². The first-order chi connectivity index (χ1) is 8.35. The van der Waals surface area contributed by atoms with Gasteiger partial charge in [-0.2, -0.15) is 9.65 Å². The second-order valence-corrected chi connectivity index (χ2v) is 4.46. The van der Waals surface area contributed by atoms with Crippen LogP contribution in [0.2, 0.25) is 0 Å². The van der Waals surface area contributed by atoms with Crippen LogP contribution in [0.4, 0.5) is 10.1 Å². The van der Waals surface area contributed by atoms with E-state index in [1.54, 1.807) is 13.8 Å². The topological polar surface area (TPSA) is 76.2 Å². The fourth-order valence-corrected chi connectivity index (χ4v) is 1.21. The predicted octanol–water partition coefficient (Wildman–Crippen LogP) is 3.05. The lowest BCUT2D eigenvalue weighted by atomic mass is 9.92. The fraction of sp³-hybridized carbons (Fsp3) is 0.417. The summed E-state index contributed by atoms with van der Waals surface area (Å²) in [7, 11) is 0. The zero-order valence-electron chi connectivity index (χ0n) is 10.1. The lowest BCUT2D eigenvalue weighted by Gasteiger charge is -2.15. The van der Waals surface area contributed by atoms with Crippen molar-refractivity contribution in [3.05, 3.63) is 34.1 Å². The lowest BCUT2D eigenvalue weighted by molar-refractivity contribution is -0.387. The molecule has 0 aromatic heterocycles. The van der Waals surface area contributed by atoms with Crippen LogP contribution in [-0.4, -0.2) is 11.5 Å². The average Bonchev–Trinajstić information content (AvgIpc) is 2.28. The first-order valence-corrected chi connectivity index (χ1v) is 5.34. The third-order valence-electron chi connectivity index (χ3n) is 2.41. The van der Waals surface area contributed by atoms with Crippen LogP contribution >= 0.6 is 0 Å². The van der Waals surface area contributed by atoms with Crippen LogP contribution in [0.15, 0.2) is 18.2 Å². The van der Waals surface area contributed by atoms with Gasteiger partial charge in [-0.3, -0.25) is 10.1 Å². The summed E-state index contributed by atoms with van der Waals surface area (Å²) in [6, 6.07) is 5.48.